The smallest absolute Gasteiger partial charge is 0.411 e. The first kappa shape index (κ1) is 16.1. The number of amides is 2. The molecule has 1 fully saturated rings. The summed E-state index contributed by atoms with van der Waals surface area (Å²) in [5.41, 5.74) is 0.908. The van der Waals surface area contributed by atoms with E-state index < -0.39 is 18.4 Å². The van der Waals surface area contributed by atoms with Crippen LogP contribution in [0.25, 0.3) is 0 Å². The summed E-state index contributed by atoms with van der Waals surface area (Å²) in [6.45, 7) is 2.90. The van der Waals surface area contributed by atoms with Gasteiger partial charge in [-0.15, -0.1) is 0 Å². The molecule has 1 aromatic rings. The van der Waals surface area contributed by atoms with E-state index in [0.29, 0.717) is 19.5 Å². The molecule has 0 saturated carbocycles. The van der Waals surface area contributed by atoms with E-state index in [9.17, 15) is 14.7 Å². The molecule has 1 aromatic carbocycles. The van der Waals surface area contributed by atoms with Crippen molar-refractivity contribution >= 4 is 12.2 Å². The predicted octanol–water partition coefficient (Wildman–Crippen LogP) is 3.14. The topological polar surface area (TPSA) is 70.1 Å². The molecule has 0 radical (unpaired) electrons. The van der Waals surface area contributed by atoms with Crippen molar-refractivity contribution < 1.29 is 19.4 Å². The SMILES string of the molecule is CCN(C(=O)OCc1ccccc1)C1CCCCN1C(=O)O. The molecule has 1 atom stereocenters. The highest BCUT2D eigenvalue weighted by Gasteiger charge is 2.33. The molecular formula is C16H22N2O4. The molecule has 1 N–H and O–H groups in total. The van der Waals surface area contributed by atoms with Gasteiger partial charge in [0.05, 0.1) is 0 Å². The van der Waals surface area contributed by atoms with E-state index in [2.05, 4.69) is 0 Å². The van der Waals surface area contributed by atoms with Crippen molar-refractivity contribution in [3.8, 4) is 0 Å². The lowest BCUT2D eigenvalue weighted by atomic mass is 10.1. The van der Waals surface area contributed by atoms with Gasteiger partial charge in [0.2, 0.25) is 0 Å². The Kier molecular flexibility index (Phi) is 5.63. The Hall–Kier alpha value is -2.24. The van der Waals surface area contributed by atoms with Crippen LogP contribution in [0.1, 0.15) is 31.7 Å². The molecule has 120 valence electrons. The van der Waals surface area contributed by atoms with Gasteiger partial charge in [-0.2, -0.15) is 0 Å². The van der Waals surface area contributed by atoms with Crippen LogP contribution in [0.15, 0.2) is 30.3 Å². The molecule has 1 aliphatic rings. The number of likely N-dealkylation sites (tertiary alicyclic amines) is 1. The second kappa shape index (κ2) is 7.68. The number of nitrogens with zero attached hydrogens (tertiary/aromatic N) is 2. The number of carbonyl (C=O) groups excluding carboxylic acids is 1. The molecule has 0 aliphatic carbocycles. The van der Waals surface area contributed by atoms with Gasteiger partial charge in [0.1, 0.15) is 12.8 Å². The molecule has 0 aromatic heterocycles. The van der Waals surface area contributed by atoms with Crippen LogP contribution in [0.3, 0.4) is 0 Å². The van der Waals surface area contributed by atoms with Gasteiger partial charge in [-0.25, -0.2) is 9.59 Å². The predicted molar refractivity (Wildman–Crippen MR) is 81.4 cm³/mol. The van der Waals surface area contributed by atoms with Gasteiger partial charge in [0, 0.05) is 13.1 Å². The minimum Gasteiger partial charge on any atom is -0.465 e. The molecule has 1 unspecified atom stereocenters. The quantitative estimate of drug-likeness (QED) is 0.927. The fourth-order valence-electron chi connectivity index (χ4n) is 2.72. The summed E-state index contributed by atoms with van der Waals surface area (Å²) in [6, 6.07) is 9.43. The van der Waals surface area contributed by atoms with Gasteiger partial charge >= 0.3 is 12.2 Å². The Morgan fingerprint density at radius 3 is 2.68 bits per heavy atom. The van der Waals surface area contributed by atoms with Gasteiger partial charge in [0.25, 0.3) is 0 Å². The fourth-order valence-corrected chi connectivity index (χ4v) is 2.72. The third-order valence-corrected chi connectivity index (χ3v) is 3.86. The van der Waals surface area contributed by atoms with Crippen molar-refractivity contribution in [3.05, 3.63) is 35.9 Å². The maximum atomic E-state index is 12.3. The Morgan fingerprint density at radius 2 is 2.05 bits per heavy atom. The van der Waals surface area contributed by atoms with Crippen molar-refractivity contribution in [2.45, 2.75) is 39.0 Å². The average molecular weight is 306 g/mol. The second-order valence-electron chi connectivity index (χ2n) is 5.28. The average Bonchev–Trinajstić information content (AvgIpc) is 2.55. The standard InChI is InChI=1S/C16H22N2O4/c1-2-17(14-10-6-7-11-18(14)15(19)20)16(21)22-12-13-8-4-3-5-9-13/h3-5,8-9,14H,2,6-7,10-12H2,1H3,(H,19,20). The van der Waals surface area contributed by atoms with Crippen LogP contribution in [-0.4, -0.2) is 46.3 Å². The van der Waals surface area contributed by atoms with E-state index in [1.807, 2.05) is 37.3 Å². The van der Waals surface area contributed by atoms with Crippen molar-refractivity contribution in [1.82, 2.24) is 9.80 Å². The van der Waals surface area contributed by atoms with E-state index in [1.165, 1.54) is 9.80 Å². The summed E-state index contributed by atoms with van der Waals surface area (Å²) < 4.78 is 5.33. The van der Waals surface area contributed by atoms with E-state index in [4.69, 9.17) is 4.74 Å². The first-order chi connectivity index (χ1) is 10.6. The van der Waals surface area contributed by atoms with Gasteiger partial charge in [-0.05, 0) is 31.7 Å². The Bertz CT molecular complexity index is 506. The normalized spacial score (nSPS) is 17.9. The van der Waals surface area contributed by atoms with Gasteiger partial charge in [0.15, 0.2) is 0 Å². The first-order valence-electron chi connectivity index (χ1n) is 7.60. The highest BCUT2D eigenvalue weighted by Crippen LogP contribution is 2.21. The second-order valence-corrected chi connectivity index (χ2v) is 5.28. The lowest BCUT2D eigenvalue weighted by molar-refractivity contribution is 0.0132. The zero-order valence-corrected chi connectivity index (χ0v) is 12.8. The molecule has 1 saturated heterocycles. The Balaban J connectivity index is 1.99. The minimum atomic E-state index is -0.987. The zero-order valence-electron chi connectivity index (χ0n) is 12.8. The summed E-state index contributed by atoms with van der Waals surface area (Å²) in [4.78, 5) is 26.5. The third-order valence-electron chi connectivity index (χ3n) is 3.86. The van der Waals surface area contributed by atoms with Crippen molar-refractivity contribution in [3.63, 3.8) is 0 Å². The third kappa shape index (κ3) is 3.90. The van der Waals surface area contributed by atoms with Crippen LogP contribution in [-0.2, 0) is 11.3 Å². The monoisotopic (exact) mass is 306 g/mol. The Morgan fingerprint density at radius 1 is 1.32 bits per heavy atom. The molecule has 0 spiro atoms. The van der Waals surface area contributed by atoms with Crippen LogP contribution >= 0.6 is 0 Å². The van der Waals surface area contributed by atoms with Gasteiger partial charge in [-0.1, -0.05) is 30.3 Å². The molecule has 22 heavy (non-hydrogen) atoms. The lowest BCUT2D eigenvalue weighted by Gasteiger charge is -2.40. The highest BCUT2D eigenvalue weighted by molar-refractivity contribution is 5.70. The van der Waals surface area contributed by atoms with Crippen molar-refractivity contribution in [1.29, 1.82) is 0 Å². The number of hydrogen-bond acceptors (Lipinski definition) is 3. The minimum absolute atomic E-state index is 0.190. The number of carbonyl (C=O) groups is 2. The molecular weight excluding hydrogens is 284 g/mol. The molecule has 1 aliphatic heterocycles. The summed E-state index contributed by atoms with van der Waals surface area (Å²) in [5.74, 6) is 0. The fraction of sp³-hybridized carbons (Fsp3) is 0.500. The van der Waals surface area contributed by atoms with E-state index in [1.54, 1.807) is 0 Å². The van der Waals surface area contributed by atoms with Crippen LogP contribution in [0.2, 0.25) is 0 Å². The zero-order chi connectivity index (χ0) is 15.9. The maximum absolute atomic E-state index is 12.3. The van der Waals surface area contributed by atoms with E-state index >= 15 is 0 Å². The number of hydrogen-bond donors (Lipinski definition) is 1. The van der Waals surface area contributed by atoms with Crippen LogP contribution in [0, 0.1) is 0 Å². The van der Waals surface area contributed by atoms with Crippen LogP contribution in [0.5, 0.6) is 0 Å². The summed E-state index contributed by atoms with van der Waals surface area (Å²) in [5, 5.41) is 9.29. The lowest BCUT2D eigenvalue weighted by Crippen LogP contribution is -2.54. The van der Waals surface area contributed by atoms with Crippen molar-refractivity contribution in [2.75, 3.05) is 13.1 Å². The summed E-state index contributed by atoms with van der Waals surface area (Å²) >= 11 is 0. The molecule has 6 nitrogen and oxygen atoms in total. The molecule has 2 amide bonds. The molecule has 6 heteroatoms. The largest absolute Gasteiger partial charge is 0.465 e. The van der Waals surface area contributed by atoms with Crippen LogP contribution in [0.4, 0.5) is 9.59 Å². The number of piperidine rings is 1. The van der Waals surface area contributed by atoms with Gasteiger partial charge in [-0.3, -0.25) is 9.80 Å². The molecule has 0 bridgehead atoms. The molecule has 1 heterocycles. The van der Waals surface area contributed by atoms with Crippen molar-refractivity contribution in [2.24, 2.45) is 0 Å². The summed E-state index contributed by atoms with van der Waals surface area (Å²) in [7, 11) is 0. The van der Waals surface area contributed by atoms with Crippen LogP contribution < -0.4 is 0 Å². The molecule has 2 rings (SSSR count). The van der Waals surface area contributed by atoms with Gasteiger partial charge < -0.3 is 9.84 Å². The Labute approximate surface area is 130 Å². The van der Waals surface area contributed by atoms with E-state index in [0.717, 1.165) is 18.4 Å². The number of benzene rings is 1. The number of carboxylic acid groups (broad SMARTS) is 1. The first-order valence-corrected chi connectivity index (χ1v) is 7.60. The van der Waals surface area contributed by atoms with E-state index in [-0.39, 0.29) is 6.61 Å². The maximum Gasteiger partial charge on any atom is 0.411 e. The number of rotatable bonds is 4. The highest BCUT2D eigenvalue weighted by atomic mass is 16.6. The summed E-state index contributed by atoms with van der Waals surface area (Å²) in [6.07, 6.45) is 0.514. The number of ether oxygens (including phenoxy) is 1.